The van der Waals surface area contributed by atoms with Gasteiger partial charge in [0.25, 0.3) is 0 Å². The zero-order valence-corrected chi connectivity index (χ0v) is 12.4. The molecule has 1 aromatic rings. The van der Waals surface area contributed by atoms with E-state index in [2.05, 4.69) is 10.2 Å². The van der Waals surface area contributed by atoms with Gasteiger partial charge in [0.15, 0.2) is 0 Å². The number of likely N-dealkylation sites (tertiary alicyclic amines) is 1. The molecule has 1 aliphatic rings. The van der Waals surface area contributed by atoms with Crippen LogP contribution in [0.4, 0.5) is 10.1 Å². The zero-order chi connectivity index (χ0) is 15.2. The lowest BCUT2D eigenvalue weighted by molar-refractivity contribution is -0.119. The first-order valence-electron chi connectivity index (χ1n) is 7.57. The molecule has 1 fully saturated rings. The summed E-state index contributed by atoms with van der Waals surface area (Å²) < 4.78 is 12.8. The van der Waals surface area contributed by atoms with E-state index in [1.807, 2.05) is 6.92 Å². The number of carbonyl (C=O) groups is 1. The van der Waals surface area contributed by atoms with Crippen LogP contribution in [-0.2, 0) is 4.79 Å². The third-order valence-corrected chi connectivity index (χ3v) is 4.00. The van der Waals surface area contributed by atoms with Crippen molar-refractivity contribution in [2.45, 2.75) is 44.8 Å². The van der Waals surface area contributed by atoms with E-state index in [-0.39, 0.29) is 30.4 Å². The fraction of sp³-hybridized carbons (Fsp3) is 0.562. The molecule has 0 spiro atoms. The summed E-state index contributed by atoms with van der Waals surface area (Å²) in [6.45, 7) is 3.05. The third kappa shape index (κ3) is 4.51. The average molecular weight is 294 g/mol. The molecule has 116 valence electrons. The van der Waals surface area contributed by atoms with Crippen molar-refractivity contribution in [2.75, 3.05) is 18.4 Å². The smallest absolute Gasteiger partial charge is 0.238 e. The van der Waals surface area contributed by atoms with Crippen LogP contribution in [-0.4, -0.2) is 41.1 Å². The van der Waals surface area contributed by atoms with Gasteiger partial charge in [0.2, 0.25) is 5.91 Å². The molecule has 0 saturated carbocycles. The number of hydrogen-bond donors (Lipinski definition) is 2. The second kappa shape index (κ2) is 7.52. The normalized spacial score (nSPS) is 21.0. The number of rotatable bonds is 5. The first-order valence-corrected chi connectivity index (χ1v) is 7.57. The van der Waals surface area contributed by atoms with E-state index in [4.69, 9.17) is 0 Å². The molecule has 21 heavy (non-hydrogen) atoms. The Bertz CT molecular complexity index is 464. The molecule has 2 rings (SSSR count). The van der Waals surface area contributed by atoms with Crippen molar-refractivity contribution < 1.29 is 14.3 Å². The number of piperidine rings is 1. The largest absolute Gasteiger partial charge is 0.392 e. The van der Waals surface area contributed by atoms with E-state index in [1.165, 1.54) is 12.1 Å². The topological polar surface area (TPSA) is 52.6 Å². The SMILES string of the molecule is CCC(O)C1CCCCN1CC(=O)Nc1ccc(F)cc1. The van der Waals surface area contributed by atoms with Crippen molar-refractivity contribution in [3.63, 3.8) is 0 Å². The van der Waals surface area contributed by atoms with Gasteiger partial charge in [-0.25, -0.2) is 4.39 Å². The lowest BCUT2D eigenvalue weighted by atomic mass is 9.96. The number of benzene rings is 1. The van der Waals surface area contributed by atoms with Crippen LogP contribution in [0.3, 0.4) is 0 Å². The summed E-state index contributed by atoms with van der Waals surface area (Å²) in [6.07, 6.45) is 3.39. The van der Waals surface area contributed by atoms with E-state index in [1.54, 1.807) is 12.1 Å². The standard InChI is InChI=1S/C16H23FN2O2/c1-2-15(20)14-5-3-4-10-19(14)11-16(21)18-13-8-6-12(17)7-9-13/h6-9,14-15,20H,2-5,10-11H2,1H3,(H,18,21). The first-order chi connectivity index (χ1) is 10.1. The molecule has 0 bridgehead atoms. The number of amides is 1. The van der Waals surface area contributed by atoms with Gasteiger partial charge in [-0.1, -0.05) is 13.3 Å². The van der Waals surface area contributed by atoms with Gasteiger partial charge in [0.1, 0.15) is 5.82 Å². The van der Waals surface area contributed by atoms with Gasteiger partial charge in [0.05, 0.1) is 12.6 Å². The quantitative estimate of drug-likeness (QED) is 0.876. The third-order valence-electron chi connectivity index (χ3n) is 4.00. The molecule has 4 nitrogen and oxygen atoms in total. The maximum Gasteiger partial charge on any atom is 0.238 e. The number of anilines is 1. The molecule has 0 aliphatic carbocycles. The van der Waals surface area contributed by atoms with Crippen LogP contribution >= 0.6 is 0 Å². The molecule has 1 aromatic carbocycles. The Hall–Kier alpha value is -1.46. The Morgan fingerprint density at radius 2 is 2.14 bits per heavy atom. The predicted molar refractivity (Wildman–Crippen MR) is 80.5 cm³/mol. The summed E-state index contributed by atoms with van der Waals surface area (Å²) in [5.74, 6) is -0.452. The Kier molecular flexibility index (Phi) is 5.70. The Labute approximate surface area is 125 Å². The van der Waals surface area contributed by atoms with Crippen molar-refractivity contribution in [3.8, 4) is 0 Å². The number of halogens is 1. The van der Waals surface area contributed by atoms with E-state index < -0.39 is 0 Å². The van der Waals surface area contributed by atoms with Gasteiger partial charge in [0, 0.05) is 11.7 Å². The van der Waals surface area contributed by atoms with Crippen LogP contribution in [0.1, 0.15) is 32.6 Å². The van der Waals surface area contributed by atoms with Crippen LogP contribution in [0.5, 0.6) is 0 Å². The number of carbonyl (C=O) groups excluding carboxylic acids is 1. The summed E-state index contributed by atoms with van der Waals surface area (Å²) in [4.78, 5) is 14.1. The van der Waals surface area contributed by atoms with Gasteiger partial charge < -0.3 is 10.4 Å². The van der Waals surface area contributed by atoms with Crippen LogP contribution in [0.2, 0.25) is 0 Å². The molecule has 0 radical (unpaired) electrons. The molecule has 2 atom stereocenters. The lowest BCUT2D eigenvalue weighted by Gasteiger charge is -2.37. The zero-order valence-electron chi connectivity index (χ0n) is 12.4. The van der Waals surface area contributed by atoms with Crippen molar-refractivity contribution in [1.82, 2.24) is 4.90 Å². The number of nitrogens with one attached hydrogen (secondary N) is 1. The molecular formula is C16H23FN2O2. The highest BCUT2D eigenvalue weighted by Gasteiger charge is 2.28. The minimum Gasteiger partial charge on any atom is -0.392 e. The fourth-order valence-corrected chi connectivity index (χ4v) is 2.84. The molecule has 1 aliphatic heterocycles. The number of hydrogen-bond acceptors (Lipinski definition) is 3. The number of aliphatic hydroxyl groups is 1. The minimum absolute atomic E-state index is 0.0581. The Balaban J connectivity index is 1.92. The molecule has 1 saturated heterocycles. The molecule has 1 amide bonds. The van der Waals surface area contributed by atoms with Crippen molar-refractivity contribution >= 4 is 11.6 Å². The van der Waals surface area contributed by atoms with Crippen LogP contribution in [0, 0.1) is 5.82 Å². The minimum atomic E-state index is -0.385. The van der Waals surface area contributed by atoms with E-state index in [9.17, 15) is 14.3 Å². The van der Waals surface area contributed by atoms with Crippen molar-refractivity contribution in [1.29, 1.82) is 0 Å². The molecular weight excluding hydrogens is 271 g/mol. The van der Waals surface area contributed by atoms with E-state index >= 15 is 0 Å². The molecule has 2 unspecified atom stereocenters. The lowest BCUT2D eigenvalue weighted by Crippen LogP contribution is -2.49. The monoisotopic (exact) mass is 294 g/mol. The number of aliphatic hydroxyl groups excluding tert-OH is 1. The number of nitrogens with zero attached hydrogens (tertiary/aromatic N) is 1. The summed E-state index contributed by atoms with van der Waals surface area (Å²) >= 11 is 0. The van der Waals surface area contributed by atoms with Gasteiger partial charge in [-0.3, -0.25) is 9.69 Å². The van der Waals surface area contributed by atoms with Crippen molar-refractivity contribution in [3.05, 3.63) is 30.1 Å². The highest BCUT2D eigenvalue weighted by atomic mass is 19.1. The van der Waals surface area contributed by atoms with Gasteiger partial charge in [-0.15, -0.1) is 0 Å². The molecule has 0 aromatic heterocycles. The summed E-state index contributed by atoms with van der Waals surface area (Å²) in [6, 6.07) is 5.78. The van der Waals surface area contributed by atoms with Crippen LogP contribution in [0.15, 0.2) is 24.3 Å². The molecule has 2 N–H and O–H groups in total. The summed E-state index contributed by atoms with van der Waals surface area (Å²) in [5.41, 5.74) is 0.589. The van der Waals surface area contributed by atoms with Crippen LogP contribution < -0.4 is 5.32 Å². The predicted octanol–water partition coefficient (Wildman–Crippen LogP) is 2.39. The van der Waals surface area contributed by atoms with Crippen molar-refractivity contribution in [2.24, 2.45) is 0 Å². The molecule has 5 heteroatoms. The van der Waals surface area contributed by atoms with E-state index in [0.717, 1.165) is 25.8 Å². The average Bonchev–Trinajstić information content (AvgIpc) is 2.49. The van der Waals surface area contributed by atoms with Gasteiger partial charge >= 0.3 is 0 Å². The first kappa shape index (κ1) is 15.9. The van der Waals surface area contributed by atoms with Gasteiger partial charge in [-0.2, -0.15) is 0 Å². The highest BCUT2D eigenvalue weighted by molar-refractivity contribution is 5.92. The Morgan fingerprint density at radius 1 is 1.43 bits per heavy atom. The highest BCUT2D eigenvalue weighted by Crippen LogP contribution is 2.21. The second-order valence-electron chi connectivity index (χ2n) is 5.56. The second-order valence-corrected chi connectivity index (χ2v) is 5.56. The molecule has 1 heterocycles. The van der Waals surface area contributed by atoms with Crippen LogP contribution in [0.25, 0.3) is 0 Å². The maximum atomic E-state index is 12.8. The van der Waals surface area contributed by atoms with Gasteiger partial charge in [-0.05, 0) is 50.1 Å². The maximum absolute atomic E-state index is 12.8. The Morgan fingerprint density at radius 3 is 2.81 bits per heavy atom. The summed E-state index contributed by atoms with van der Waals surface area (Å²) in [7, 11) is 0. The van der Waals surface area contributed by atoms with E-state index in [0.29, 0.717) is 12.1 Å². The summed E-state index contributed by atoms with van der Waals surface area (Å²) in [5, 5.41) is 12.8. The fourth-order valence-electron chi connectivity index (χ4n) is 2.84.